The number of ketones is 1. The maximum Gasteiger partial charge on any atom is 0.373 e. The van der Waals surface area contributed by atoms with Crippen LogP contribution in [0.3, 0.4) is 0 Å². The van der Waals surface area contributed by atoms with Gasteiger partial charge in [0.15, 0.2) is 5.78 Å². The molecule has 2 atom stereocenters. The SMILES string of the molecule is CC1(C)[C@H](CC(=O)c2cc3cnc(N)nc3s2)C2CCN1CC2.CC1(C)[C@H](N)C2CCN1CC2.Cl.Nc1ncc2ccsc2n1.O=C=O. The number of hydrogen-bond donors (Lipinski definition) is 3. The van der Waals surface area contributed by atoms with Crippen molar-refractivity contribution in [1.29, 1.82) is 0 Å². The minimum atomic E-state index is 0. The second kappa shape index (κ2) is 15.6. The second-order valence-electron chi connectivity index (χ2n) is 13.8. The van der Waals surface area contributed by atoms with E-state index in [0.29, 0.717) is 30.2 Å². The summed E-state index contributed by atoms with van der Waals surface area (Å²) in [6, 6.07) is 4.29. The van der Waals surface area contributed by atoms with Crippen LogP contribution < -0.4 is 17.2 Å². The molecule has 0 saturated carbocycles. The van der Waals surface area contributed by atoms with E-state index in [1.165, 1.54) is 63.2 Å². The maximum absolute atomic E-state index is 12.8. The number of Topliss-reactive ketones (excluding diaryl/α,β-unsaturated/α-hetero) is 1. The first-order chi connectivity index (χ1) is 22.3. The van der Waals surface area contributed by atoms with E-state index < -0.39 is 0 Å². The monoisotopic (exact) mass is 715 g/mol. The Labute approximate surface area is 295 Å². The van der Waals surface area contributed by atoms with Crippen LogP contribution in [0, 0.1) is 17.8 Å². The van der Waals surface area contributed by atoms with Gasteiger partial charge in [-0.1, -0.05) is 0 Å². The summed E-state index contributed by atoms with van der Waals surface area (Å²) < 4.78 is 0. The standard InChI is InChI=1S/C17H22N4OS.C9H18N2.C6H5N3S.CO2.ClH/c1-17(2)12(10-3-5-21(17)6-4-10)8-13(22)14-7-11-9-19-16(18)20-15(11)23-14;1-9(2)8(10)7-3-5-11(9)6-4-7;7-6-8-3-4-1-2-10-5(4)9-6;2-1-3;/h7,9-10,12H,3-6,8H2,1-2H3,(H2,18,19,20);7-8H,3-6,10H2,1-2H3;1-3H,(H2,7,8,9);;1H/t12-;8-;;;/m11.../s1. The molecule has 0 aliphatic carbocycles. The number of nitrogen functional groups attached to an aromatic ring is 2. The van der Waals surface area contributed by atoms with Gasteiger partial charge in [-0.3, -0.25) is 14.6 Å². The molecule has 0 radical (unpaired) electrons. The molecule has 4 aromatic heterocycles. The van der Waals surface area contributed by atoms with Crippen LogP contribution >= 0.6 is 35.1 Å². The van der Waals surface area contributed by atoms with Crippen LogP contribution in [0.25, 0.3) is 20.4 Å². The zero-order chi connectivity index (χ0) is 33.9. The van der Waals surface area contributed by atoms with Crippen molar-refractivity contribution in [2.24, 2.45) is 23.5 Å². The van der Waals surface area contributed by atoms with E-state index >= 15 is 0 Å². The smallest absolute Gasteiger partial charge is 0.368 e. The van der Waals surface area contributed by atoms with Gasteiger partial charge in [0.1, 0.15) is 9.66 Å². The molecule has 6 N–H and O–H groups in total. The summed E-state index contributed by atoms with van der Waals surface area (Å²) in [4.78, 5) is 52.8. The number of aromatic nitrogens is 4. The lowest BCUT2D eigenvalue weighted by Crippen LogP contribution is -2.67. The van der Waals surface area contributed by atoms with Crippen LogP contribution in [0.1, 0.15) is 69.5 Å². The van der Waals surface area contributed by atoms with Crippen molar-refractivity contribution >= 4 is 79.3 Å². The van der Waals surface area contributed by atoms with E-state index in [4.69, 9.17) is 26.8 Å². The lowest BCUT2D eigenvalue weighted by molar-refractivity contribution is -0.191. The van der Waals surface area contributed by atoms with E-state index in [9.17, 15) is 4.79 Å². The molecule has 260 valence electrons. The number of halogens is 1. The van der Waals surface area contributed by atoms with Crippen LogP contribution in [0.5, 0.6) is 0 Å². The van der Waals surface area contributed by atoms with E-state index in [2.05, 4.69) is 57.4 Å². The highest BCUT2D eigenvalue weighted by Gasteiger charge is 2.48. The zero-order valence-electron chi connectivity index (χ0n) is 27.9. The number of nitrogens with two attached hydrogens (primary N) is 3. The molecule has 15 heteroatoms. The highest BCUT2D eigenvalue weighted by molar-refractivity contribution is 7.20. The number of carbonyl (C=O) groups is 1. The van der Waals surface area contributed by atoms with Gasteiger partial charge in [0, 0.05) is 46.7 Å². The Hall–Kier alpha value is -3.10. The Kier molecular flexibility index (Phi) is 12.3. The lowest BCUT2D eigenvalue weighted by Gasteiger charge is -2.56. The van der Waals surface area contributed by atoms with E-state index in [1.54, 1.807) is 23.7 Å². The van der Waals surface area contributed by atoms with Gasteiger partial charge in [0.2, 0.25) is 11.9 Å². The summed E-state index contributed by atoms with van der Waals surface area (Å²) >= 11 is 3.00. The number of rotatable bonds is 3. The fourth-order valence-corrected chi connectivity index (χ4v) is 9.49. The van der Waals surface area contributed by atoms with E-state index in [1.807, 2.05) is 17.5 Å². The Bertz CT molecular complexity index is 1720. The van der Waals surface area contributed by atoms with Gasteiger partial charge in [-0.2, -0.15) is 9.59 Å². The van der Waals surface area contributed by atoms with Gasteiger partial charge >= 0.3 is 6.15 Å². The third-order valence-electron chi connectivity index (χ3n) is 10.7. The number of anilines is 2. The molecule has 0 spiro atoms. The summed E-state index contributed by atoms with van der Waals surface area (Å²) in [7, 11) is 0. The average Bonchev–Trinajstić information content (AvgIpc) is 3.69. The minimum Gasteiger partial charge on any atom is -0.368 e. The summed E-state index contributed by atoms with van der Waals surface area (Å²) in [5.41, 5.74) is 17.5. The Morgan fingerprint density at radius 1 is 0.875 bits per heavy atom. The van der Waals surface area contributed by atoms with Crippen LogP contribution in [0.4, 0.5) is 11.9 Å². The van der Waals surface area contributed by atoms with E-state index in [-0.39, 0.29) is 41.4 Å². The molecule has 6 saturated heterocycles. The summed E-state index contributed by atoms with van der Waals surface area (Å²) in [5.74, 6) is 2.77. The Morgan fingerprint density at radius 2 is 1.40 bits per heavy atom. The summed E-state index contributed by atoms with van der Waals surface area (Å²) in [5, 5.41) is 3.93. The van der Waals surface area contributed by atoms with Crippen LogP contribution in [-0.4, -0.2) is 85.0 Å². The molecule has 0 unspecified atom stereocenters. The lowest BCUT2D eigenvalue weighted by atomic mass is 9.65. The van der Waals surface area contributed by atoms with Crippen molar-refractivity contribution in [3.05, 3.63) is 34.8 Å². The van der Waals surface area contributed by atoms with Crippen molar-refractivity contribution < 1.29 is 14.4 Å². The van der Waals surface area contributed by atoms with Crippen molar-refractivity contribution in [3.8, 4) is 0 Å². The number of piperidine rings is 6. The van der Waals surface area contributed by atoms with Gasteiger partial charge < -0.3 is 17.2 Å². The molecule has 10 heterocycles. The molecule has 0 aromatic carbocycles. The van der Waals surface area contributed by atoms with Crippen molar-refractivity contribution in [2.45, 2.75) is 76.9 Å². The van der Waals surface area contributed by atoms with Crippen LogP contribution in [0.15, 0.2) is 29.9 Å². The molecule has 10 rings (SSSR count). The molecule has 48 heavy (non-hydrogen) atoms. The largest absolute Gasteiger partial charge is 0.373 e. The first-order valence-corrected chi connectivity index (χ1v) is 17.8. The van der Waals surface area contributed by atoms with Crippen molar-refractivity contribution in [2.75, 3.05) is 37.6 Å². The topological polar surface area (TPSA) is 187 Å². The third-order valence-corrected chi connectivity index (χ3v) is 12.6. The molecule has 6 fully saturated rings. The minimum absolute atomic E-state index is 0. The van der Waals surface area contributed by atoms with Crippen molar-refractivity contribution in [1.82, 2.24) is 29.7 Å². The normalized spacial score (nSPS) is 27.2. The molecule has 6 aliphatic heterocycles. The number of nitrogens with zero attached hydrogens (tertiary/aromatic N) is 6. The third kappa shape index (κ3) is 8.02. The summed E-state index contributed by atoms with van der Waals surface area (Å²) in [6.45, 7) is 14.1. The zero-order valence-corrected chi connectivity index (χ0v) is 30.4. The number of carbonyl (C=O) groups excluding carboxylic acids is 3. The number of hydrogen-bond acceptors (Lipinski definition) is 14. The Balaban J connectivity index is 0.000000173. The van der Waals surface area contributed by atoms with Crippen molar-refractivity contribution in [3.63, 3.8) is 0 Å². The summed E-state index contributed by atoms with van der Waals surface area (Å²) in [6.07, 6.45) is 9.42. The number of fused-ring (bicyclic) bond motifs is 8. The highest BCUT2D eigenvalue weighted by Crippen LogP contribution is 2.46. The molecule has 0 amide bonds. The van der Waals surface area contributed by atoms with Gasteiger partial charge in [0.25, 0.3) is 0 Å². The van der Waals surface area contributed by atoms with Gasteiger partial charge in [-0.15, -0.1) is 35.1 Å². The maximum atomic E-state index is 12.8. The van der Waals surface area contributed by atoms with Crippen LogP contribution in [-0.2, 0) is 9.59 Å². The highest BCUT2D eigenvalue weighted by atomic mass is 35.5. The molecular formula is C33H46ClN9O3S2. The van der Waals surface area contributed by atoms with E-state index in [0.717, 1.165) is 31.2 Å². The first kappa shape index (κ1) is 37.7. The van der Waals surface area contributed by atoms with Gasteiger partial charge in [0.05, 0.1) is 4.88 Å². The first-order valence-electron chi connectivity index (χ1n) is 16.1. The molecular weight excluding hydrogens is 670 g/mol. The van der Waals surface area contributed by atoms with Gasteiger partial charge in [-0.05, 0) is 115 Å². The molecule has 4 aromatic rings. The van der Waals surface area contributed by atoms with Gasteiger partial charge in [-0.25, -0.2) is 19.9 Å². The number of thiophene rings is 2. The predicted molar refractivity (Wildman–Crippen MR) is 193 cm³/mol. The molecule has 4 bridgehead atoms. The second-order valence-corrected chi connectivity index (χ2v) is 15.7. The van der Waals surface area contributed by atoms with Crippen LogP contribution in [0.2, 0.25) is 0 Å². The average molecular weight is 716 g/mol. The predicted octanol–water partition coefficient (Wildman–Crippen LogP) is 4.90. The quantitative estimate of drug-likeness (QED) is 0.244. The molecule has 12 nitrogen and oxygen atoms in total. The fraction of sp³-hybridized carbons (Fsp3) is 0.576. The molecule has 6 aliphatic rings. The Morgan fingerprint density at radius 3 is 1.92 bits per heavy atom. The fourth-order valence-electron chi connectivity index (χ4n) is 7.78.